The highest BCUT2D eigenvalue weighted by molar-refractivity contribution is 7.80. The third-order valence-electron chi connectivity index (χ3n) is 1.10. The van der Waals surface area contributed by atoms with Gasteiger partial charge >= 0.3 is 0 Å². The van der Waals surface area contributed by atoms with Gasteiger partial charge in [0.25, 0.3) is 0 Å². The summed E-state index contributed by atoms with van der Waals surface area (Å²) in [5.74, 6) is 0. The van der Waals surface area contributed by atoms with Crippen LogP contribution < -0.4 is 0 Å². The van der Waals surface area contributed by atoms with Crippen LogP contribution >= 0.6 is 12.6 Å². The smallest absolute Gasteiger partial charge is 0.0841 e. The molecule has 0 spiro atoms. The normalized spacial score (nSPS) is 9.00. The molecule has 0 saturated heterocycles. The second-order valence-electron chi connectivity index (χ2n) is 2.07. The molecule has 2 nitrogen and oxygen atoms in total. The molecule has 1 heterocycles. The molecule has 0 amide bonds. The second-order valence-corrected chi connectivity index (χ2v) is 2.55. The molecule has 0 aliphatic carbocycles. The van der Waals surface area contributed by atoms with Crippen LogP contribution in [0, 0.1) is 6.92 Å². The molecule has 1 aromatic rings. The summed E-state index contributed by atoms with van der Waals surface area (Å²) in [5.41, 5.74) is 1.18. The summed E-state index contributed by atoms with van der Waals surface area (Å²) in [5, 5.41) is 6.52. The minimum absolute atomic E-state index is 0.818. The number of thiol groups is 1. The lowest BCUT2D eigenvalue weighted by molar-refractivity contribution is 0.945. The zero-order valence-corrected chi connectivity index (χ0v) is 6.65. The van der Waals surface area contributed by atoms with Gasteiger partial charge in [-0.05, 0) is 24.6 Å². The number of rotatable bonds is 0. The van der Waals surface area contributed by atoms with Gasteiger partial charge < -0.3 is 5.10 Å². The van der Waals surface area contributed by atoms with Gasteiger partial charge in [0, 0.05) is 6.20 Å². The molecule has 0 aliphatic rings. The fourth-order valence-electron chi connectivity index (χ4n) is 0.663. The third kappa shape index (κ3) is 2.19. The molecule has 0 bridgehead atoms. The lowest BCUT2D eigenvalue weighted by Gasteiger charge is -1.89. The van der Waals surface area contributed by atoms with Crippen molar-refractivity contribution in [2.75, 3.05) is 0 Å². The maximum Gasteiger partial charge on any atom is 0.0841 e. The van der Waals surface area contributed by atoms with E-state index in [1.54, 1.807) is 0 Å². The maximum atomic E-state index is 4.15. The van der Waals surface area contributed by atoms with E-state index in [0.29, 0.717) is 0 Å². The van der Waals surface area contributed by atoms with E-state index in [9.17, 15) is 0 Å². The van der Waals surface area contributed by atoms with Gasteiger partial charge in [-0.3, -0.25) is 5.10 Å². The van der Waals surface area contributed by atoms with Crippen LogP contribution in [-0.4, -0.2) is 10.2 Å². The maximum absolute atomic E-state index is 4.15. The SMILES string of the molecule is Cc1ccc[nH][nH]c(S)c1. The number of aromatic nitrogens is 2. The van der Waals surface area contributed by atoms with Crippen LogP contribution in [0.1, 0.15) is 5.56 Å². The molecule has 0 fully saturated rings. The van der Waals surface area contributed by atoms with Crippen molar-refractivity contribution in [3.63, 3.8) is 0 Å². The van der Waals surface area contributed by atoms with E-state index in [2.05, 4.69) is 22.8 Å². The van der Waals surface area contributed by atoms with Crippen molar-refractivity contribution in [2.45, 2.75) is 11.9 Å². The lowest BCUT2D eigenvalue weighted by Crippen LogP contribution is -1.77. The Morgan fingerprint density at radius 1 is 1.50 bits per heavy atom. The number of aromatic amines is 2. The van der Waals surface area contributed by atoms with E-state index in [1.807, 2.05) is 31.3 Å². The predicted octanol–water partition coefficient (Wildman–Crippen LogP) is 2.06. The summed E-state index contributed by atoms with van der Waals surface area (Å²) in [6.45, 7) is 2.02. The van der Waals surface area contributed by atoms with E-state index in [0.717, 1.165) is 5.03 Å². The molecule has 0 saturated carbocycles. The fraction of sp³-hybridized carbons (Fsp3) is 0.143. The van der Waals surface area contributed by atoms with Crippen molar-refractivity contribution >= 4 is 12.6 Å². The highest BCUT2D eigenvalue weighted by Crippen LogP contribution is 1.99. The number of nitrogens with one attached hydrogen (secondary N) is 2. The van der Waals surface area contributed by atoms with Crippen LogP contribution in [0.4, 0.5) is 0 Å². The van der Waals surface area contributed by atoms with Crippen molar-refractivity contribution < 1.29 is 0 Å². The Morgan fingerprint density at radius 2 is 2.30 bits per heavy atom. The van der Waals surface area contributed by atoms with Crippen molar-refractivity contribution in [1.82, 2.24) is 10.2 Å². The highest BCUT2D eigenvalue weighted by Gasteiger charge is 1.78. The van der Waals surface area contributed by atoms with Crippen LogP contribution in [0.25, 0.3) is 0 Å². The fourth-order valence-corrected chi connectivity index (χ4v) is 0.932. The summed E-state index contributed by atoms with van der Waals surface area (Å²) < 4.78 is 0. The van der Waals surface area contributed by atoms with Gasteiger partial charge in [-0.15, -0.1) is 12.6 Å². The molecule has 10 heavy (non-hydrogen) atoms. The molecule has 1 rings (SSSR count). The first-order valence-corrected chi connectivity index (χ1v) is 3.49. The molecule has 3 heteroatoms. The predicted molar refractivity (Wildman–Crippen MR) is 44.8 cm³/mol. The Kier molecular flexibility index (Phi) is 2.45. The quantitative estimate of drug-likeness (QED) is 0.478. The van der Waals surface area contributed by atoms with Crippen molar-refractivity contribution in [3.05, 3.63) is 30.0 Å². The molecule has 0 radical (unpaired) electrons. The van der Waals surface area contributed by atoms with Gasteiger partial charge in [-0.2, -0.15) is 0 Å². The van der Waals surface area contributed by atoms with Gasteiger partial charge in [-0.1, -0.05) is 6.07 Å². The van der Waals surface area contributed by atoms with Crippen LogP contribution in [0.5, 0.6) is 0 Å². The minimum Gasteiger partial charge on any atom is -0.308 e. The largest absolute Gasteiger partial charge is 0.308 e. The van der Waals surface area contributed by atoms with Crippen LogP contribution in [0.3, 0.4) is 0 Å². The molecular formula is C7H10N2S. The van der Waals surface area contributed by atoms with Crippen molar-refractivity contribution in [1.29, 1.82) is 0 Å². The number of aryl methyl sites for hydroxylation is 1. The lowest BCUT2D eigenvalue weighted by atomic mass is 10.3. The summed E-state index contributed by atoms with van der Waals surface area (Å²) in [6.07, 6.45) is 1.81. The molecular weight excluding hydrogens is 144 g/mol. The third-order valence-corrected chi connectivity index (χ3v) is 1.34. The number of H-pyrrole nitrogens is 2. The standard InChI is InChI=1S/C7H10N2S/c1-6-3-2-4-8-9-7(10)5-6/h2-5,8-10H,1H3. The zero-order chi connectivity index (χ0) is 7.40. The topological polar surface area (TPSA) is 31.6 Å². The molecule has 1 aromatic heterocycles. The second kappa shape index (κ2) is 3.37. The minimum atomic E-state index is 0.818. The average molecular weight is 154 g/mol. The van der Waals surface area contributed by atoms with E-state index in [1.165, 1.54) is 5.56 Å². The first-order valence-electron chi connectivity index (χ1n) is 3.04. The number of hydrogen-bond donors (Lipinski definition) is 3. The van der Waals surface area contributed by atoms with Gasteiger partial charge in [0.05, 0.1) is 5.03 Å². The Balaban J connectivity index is 3.19. The van der Waals surface area contributed by atoms with Gasteiger partial charge in [-0.25, -0.2) is 0 Å². The Bertz CT molecular complexity index is 226. The zero-order valence-electron chi connectivity index (χ0n) is 5.76. The van der Waals surface area contributed by atoms with Crippen LogP contribution in [-0.2, 0) is 0 Å². The van der Waals surface area contributed by atoms with Crippen LogP contribution in [0.15, 0.2) is 29.4 Å². The van der Waals surface area contributed by atoms with Crippen LogP contribution in [0.2, 0.25) is 0 Å². The molecule has 2 N–H and O–H groups in total. The summed E-state index contributed by atoms with van der Waals surface area (Å²) in [7, 11) is 0. The molecule has 0 aromatic carbocycles. The van der Waals surface area contributed by atoms with Gasteiger partial charge in [0.2, 0.25) is 0 Å². The Morgan fingerprint density at radius 3 is 3.10 bits per heavy atom. The first kappa shape index (κ1) is 7.28. The summed E-state index contributed by atoms with van der Waals surface area (Å²) in [4.78, 5) is 0. The van der Waals surface area contributed by atoms with E-state index in [-0.39, 0.29) is 0 Å². The van der Waals surface area contributed by atoms with E-state index in [4.69, 9.17) is 0 Å². The molecule has 0 atom stereocenters. The van der Waals surface area contributed by atoms with Crippen molar-refractivity contribution in [2.24, 2.45) is 0 Å². The number of hydrogen-bond acceptors (Lipinski definition) is 1. The van der Waals surface area contributed by atoms with Crippen molar-refractivity contribution in [3.8, 4) is 0 Å². The van der Waals surface area contributed by atoms with Gasteiger partial charge in [0.1, 0.15) is 0 Å². The van der Waals surface area contributed by atoms with E-state index < -0.39 is 0 Å². The van der Waals surface area contributed by atoms with E-state index >= 15 is 0 Å². The van der Waals surface area contributed by atoms with Gasteiger partial charge in [0.15, 0.2) is 0 Å². The highest BCUT2D eigenvalue weighted by atomic mass is 32.1. The Labute approximate surface area is 65.4 Å². The molecule has 0 aliphatic heterocycles. The Hall–Kier alpha value is -0.830. The summed E-state index contributed by atoms with van der Waals surface area (Å²) in [6, 6.07) is 5.88. The molecule has 54 valence electrons. The average Bonchev–Trinajstić information content (AvgIpc) is 1.83. The molecule has 0 unspecified atom stereocenters. The monoisotopic (exact) mass is 154 g/mol. The summed E-state index contributed by atoms with van der Waals surface area (Å²) >= 11 is 4.15. The first-order chi connectivity index (χ1) is 4.79.